The third-order valence-corrected chi connectivity index (χ3v) is 5.53. The fourth-order valence-corrected chi connectivity index (χ4v) is 3.95. The van der Waals surface area contributed by atoms with Gasteiger partial charge in [0.05, 0.1) is 5.52 Å². The summed E-state index contributed by atoms with van der Waals surface area (Å²) in [4.78, 5) is 6.63. The number of unbranched alkanes of at least 4 members (excludes halogenated alkanes) is 3. The lowest BCUT2D eigenvalue weighted by Gasteiger charge is -2.18. The average molecular weight is 413 g/mol. The molecule has 0 saturated carbocycles. The van der Waals surface area contributed by atoms with Crippen molar-refractivity contribution in [1.82, 2.24) is 15.2 Å². The molecule has 1 aromatic heterocycles. The van der Waals surface area contributed by atoms with Gasteiger partial charge in [-0.3, -0.25) is 4.98 Å². The molecule has 0 amide bonds. The summed E-state index contributed by atoms with van der Waals surface area (Å²) in [5, 5.41) is 9.03. The predicted molar refractivity (Wildman–Crippen MR) is 126 cm³/mol. The third-order valence-electron chi connectivity index (χ3n) is 5.29. The molecule has 3 rings (SSSR count). The Hall–Kier alpha value is -1.88. The first-order chi connectivity index (χ1) is 14.1. The van der Waals surface area contributed by atoms with Crippen LogP contribution in [0.2, 0.25) is 5.02 Å². The Morgan fingerprint density at radius 1 is 1.07 bits per heavy atom. The van der Waals surface area contributed by atoms with Gasteiger partial charge in [0.1, 0.15) is 0 Å². The normalized spacial score (nSPS) is 16.0. The van der Waals surface area contributed by atoms with Gasteiger partial charge in [-0.15, -0.1) is 0 Å². The molecule has 1 aliphatic rings. The Bertz CT molecular complexity index is 844. The first-order valence-electron chi connectivity index (χ1n) is 10.6. The standard InChI is InChI=1S/C24H33ClN4/c1-29(2)18-20-9-7-8-19(20)17-26-13-5-3-4-6-14-27-23-12-15-28-24-16-21(25)10-11-22(23)24/h7-12,15-16,19,26H,3-6,13-14,17-18H2,1-2H3,(H,27,28). The Balaban J connectivity index is 1.26. The maximum Gasteiger partial charge on any atom is 0.0737 e. The molecule has 1 aromatic carbocycles. The van der Waals surface area contributed by atoms with Gasteiger partial charge < -0.3 is 15.5 Å². The molecule has 29 heavy (non-hydrogen) atoms. The van der Waals surface area contributed by atoms with E-state index in [0.717, 1.165) is 47.8 Å². The minimum Gasteiger partial charge on any atom is -0.384 e. The number of rotatable bonds is 12. The number of aromatic nitrogens is 1. The lowest BCUT2D eigenvalue weighted by molar-refractivity contribution is 0.426. The van der Waals surface area contributed by atoms with Gasteiger partial charge >= 0.3 is 0 Å². The van der Waals surface area contributed by atoms with Gasteiger partial charge in [-0.2, -0.15) is 0 Å². The van der Waals surface area contributed by atoms with Crippen molar-refractivity contribution in [1.29, 1.82) is 0 Å². The minimum absolute atomic E-state index is 0.562. The zero-order valence-corrected chi connectivity index (χ0v) is 18.4. The highest BCUT2D eigenvalue weighted by molar-refractivity contribution is 6.31. The van der Waals surface area contributed by atoms with Crippen molar-refractivity contribution in [2.24, 2.45) is 5.92 Å². The van der Waals surface area contributed by atoms with Crippen LogP contribution in [0.3, 0.4) is 0 Å². The van der Waals surface area contributed by atoms with Gasteiger partial charge in [-0.05, 0) is 63.3 Å². The number of nitrogens with zero attached hydrogens (tertiary/aromatic N) is 2. The molecule has 2 aromatic rings. The lowest BCUT2D eigenvalue weighted by atomic mass is 10.0. The van der Waals surface area contributed by atoms with Crippen LogP contribution >= 0.6 is 11.6 Å². The smallest absolute Gasteiger partial charge is 0.0737 e. The van der Waals surface area contributed by atoms with Crippen LogP contribution in [-0.2, 0) is 0 Å². The number of likely N-dealkylation sites (N-methyl/N-ethyl adjacent to an activating group) is 1. The molecule has 0 fully saturated rings. The monoisotopic (exact) mass is 412 g/mol. The maximum atomic E-state index is 6.06. The van der Waals surface area contributed by atoms with Crippen molar-refractivity contribution in [3.8, 4) is 0 Å². The Morgan fingerprint density at radius 2 is 1.90 bits per heavy atom. The average Bonchev–Trinajstić information content (AvgIpc) is 3.12. The highest BCUT2D eigenvalue weighted by Gasteiger charge is 2.14. The molecule has 4 nitrogen and oxygen atoms in total. The number of pyridine rings is 1. The van der Waals surface area contributed by atoms with Crippen molar-refractivity contribution < 1.29 is 0 Å². The molecule has 2 N–H and O–H groups in total. The van der Waals surface area contributed by atoms with Gasteiger partial charge in [-0.1, -0.05) is 42.7 Å². The molecule has 0 aliphatic heterocycles. The number of fused-ring (bicyclic) bond motifs is 1. The summed E-state index contributed by atoms with van der Waals surface area (Å²) in [7, 11) is 4.26. The number of hydrogen-bond donors (Lipinski definition) is 2. The van der Waals surface area contributed by atoms with E-state index in [1.807, 2.05) is 30.5 Å². The Morgan fingerprint density at radius 3 is 2.72 bits per heavy atom. The number of anilines is 1. The summed E-state index contributed by atoms with van der Waals surface area (Å²) in [5.41, 5.74) is 3.59. The number of halogens is 1. The van der Waals surface area contributed by atoms with Crippen LogP contribution < -0.4 is 10.6 Å². The largest absolute Gasteiger partial charge is 0.384 e. The Labute approximate surface area is 180 Å². The zero-order valence-electron chi connectivity index (χ0n) is 17.6. The summed E-state index contributed by atoms with van der Waals surface area (Å²) in [6, 6.07) is 7.91. The highest BCUT2D eigenvalue weighted by Crippen LogP contribution is 2.24. The van der Waals surface area contributed by atoms with Gasteiger partial charge in [0, 0.05) is 47.8 Å². The van der Waals surface area contributed by atoms with Crippen molar-refractivity contribution in [3.05, 3.63) is 59.3 Å². The Kier molecular flexibility index (Phi) is 8.53. The second kappa shape index (κ2) is 11.3. The van der Waals surface area contributed by atoms with Gasteiger partial charge in [-0.25, -0.2) is 0 Å². The SMILES string of the molecule is CN(C)CC1=CC=CC1CNCCCCCCNc1ccnc2cc(Cl)ccc12. The van der Waals surface area contributed by atoms with Gasteiger partial charge in [0.15, 0.2) is 0 Å². The summed E-state index contributed by atoms with van der Waals surface area (Å²) in [5.74, 6) is 0.562. The summed E-state index contributed by atoms with van der Waals surface area (Å²) in [6.07, 6.45) is 13.5. The van der Waals surface area contributed by atoms with Crippen LogP contribution in [0.4, 0.5) is 5.69 Å². The summed E-state index contributed by atoms with van der Waals surface area (Å²) in [6.45, 7) is 4.19. The van der Waals surface area contributed by atoms with E-state index in [2.05, 4.69) is 52.8 Å². The molecular weight excluding hydrogens is 380 g/mol. The van der Waals surface area contributed by atoms with Crippen molar-refractivity contribution in [3.63, 3.8) is 0 Å². The van der Waals surface area contributed by atoms with Crippen LogP contribution in [-0.4, -0.2) is 50.2 Å². The van der Waals surface area contributed by atoms with Crippen LogP contribution in [0, 0.1) is 5.92 Å². The minimum atomic E-state index is 0.562. The van der Waals surface area contributed by atoms with E-state index >= 15 is 0 Å². The van der Waals surface area contributed by atoms with E-state index < -0.39 is 0 Å². The molecule has 156 valence electrons. The van der Waals surface area contributed by atoms with Gasteiger partial charge in [0.2, 0.25) is 0 Å². The molecule has 0 bridgehead atoms. The van der Waals surface area contributed by atoms with Gasteiger partial charge in [0.25, 0.3) is 0 Å². The van der Waals surface area contributed by atoms with Crippen molar-refractivity contribution in [2.75, 3.05) is 45.6 Å². The van der Waals surface area contributed by atoms with Crippen molar-refractivity contribution >= 4 is 28.2 Å². The van der Waals surface area contributed by atoms with E-state index in [0.29, 0.717) is 5.92 Å². The van der Waals surface area contributed by atoms with E-state index in [9.17, 15) is 0 Å². The number of benzene rings is 1. The molecule has 1 unspecified atom stereocenters. The lowest BCUT2D eigenvalue weighted by Crippen LogP contribution is -2.26. The van der Waals surface area contributed by atoms with Crippen molar-refractivity contribution in [2.45, 2.75) is 25.7 Å². The fraction of sp³-hybridized carbons (Fsp3) is 0.458. The first kappa shape index (κ1) is 21.8. The van der Waals surface area contributed by atoms with Crippen LogP contribution in [0.15, 0.2) is 54.3 Å². The highest BCUT2D eigenvalue weighted by atomic mass is 35.5. The molecular formula is C24H33ClN4. The molecule has 5 heteroatoms. The first-order valence-corrected chi connectivity index (χ1v) is 11.0. The van der Waals surface area contributed by atoms with E-state index in [-0.39, 0.29) is 0 Å². The van der Waals surface area contributed by atoms with E-state index in [1.165, 1.54) is 31.3 Å². The second-order valence-electron chi connectivity index (χ2n) is 8.04. The van der Waals surface area contributed by atoms with E-state index in [4.69, 9.17) is 11.6 Å². The van der Waals surface area contributed by atoms with Crippen LogP contribution in [0.25, 0.3) is 10.9 Å². The second-order valence-corrected chi connectivity index (χ2v) is 8.47. The number of allylic oxidation sites excluding steroid dienone is 2. The van der Waals surface area contributed by atoms with E-state index in [1.54, 1.807) is 0 Å². The predicted octanol–water partition coefficient (Wildman–Crippen LogP) is 5.12. The zero-order chi connectivity index (χ0) is 20.5. The number of hydrogen-bond acceptors (Lipinski definition) is 4. The van der Waals surface area contributed by atoms with Crippen LogP contribution in [0.5, 0.6) is 0 Å². The quantitative estimate of drug-likeness (QED) is 0.474. The third kappa shape index (κ3) is 6.84. The molecule has 0 saturated heterocycles. The summed E-state index contributed by atoms with van der Waals surface area (Å²) >= 11 is 6.06. The number of nitrogens with one attached hydrogen (secondary N) is 2. The summed E-state index contributed by atoms with van der Waals surface area (Å²) < 4.78 is 0. The molecule has 0 spiro atoms. The molecule has 0 radical (unpaired) electrons. The maximum absolute atomic E-state index is 6.06. The fourth-order valence-electron chi connectivity index (χ4n) is 3.78. The molecule has 1 heterocycles. The molecule has 1 aliphatic carbocycles. The van der Waals surface area contributed by atoms with Crippen LogP contribution in [0.1, 0.15) is 25.7 Å². The molecule has 1 atom stereocenters. The topological polar surface area (TPSA) is 40.2 Å².